The van der Waals surface area contributed by atoms with Crippen molar-refractivity contribution in [2.45, 2.75) is 26.2 Å². The average Bonchev–Trinajstić information content (AvgIpc) is 3.20. The summed E-state index contributed by atoms with van der Waals surface area (Å²) in [5, 5.41) is 1.90. The normalized spacial score (nSPS) is 15.2. The van der Waals surface area contributed by atoms with E-state index >= 15 is 0 Å². The Labute approximate surface area is 172 Å². The summed E-state index contributed by atoms with van der Waals surface area (Å²) in [6, 6.07) is 1.90. The predicted molar refractivity (Wildman–Crippen MR) is 114 cm³/mol. The van der Waals surface area contributed by atoms with Gasteiger partial charge in [-0.3, -0.25) is 9.36 Å². The van der Waals surface area contributed by atoms with Gasteiger partial charge in [0.1, 0.15) is 11.0 Å². The number of aromatic nitrogens is 4. The van der Waals surface area contributed by atoms with Crippen LogP contribution in [0.2, 0.25) is 0 Å². The standard InChI is InChI=1S/C20H25FN6OS/c1-4-14-16(21)18(23-12-22-14)25(2)11-13-5-8-27(9-6-13)20-24-15-7-10-29-17(15)19(28)26(20)3/h7,10,12-13H,4-6,8-9,11H2,1-3H3. The molecule has 154 valence electrons. The lowest BCUT2D eigenvalue weighted by Crippen LogP contribution is -2.40. The van der Waals surface area contributed by atoms with Gasteiger partial charge in [-0.1, -0.05) is 6.92 Å². The van der Waals surface area contributed by atoms with Crippen LogP contribution in [0.15, 0.2) is 22.6 Å². The van der Waals surface area contributed by atoms with E-state index in [2.05, 4.69) is 14.9 Å². The minimum absolute atomic E-state index is 0.00724. The van der Waals surface area contributed by atoms with E-state index in [0.29, 0.717) is 28.6 Å². The number of halogens is 1. The SMILES string of the molecule is CCc1ncnc(N(C)CC2CCN(c3nc4ccsc4c(=O)n3C)CC2)c1F. The first-order chi connectivity index (χ1) is 14.0. The minimum Gasteiger partial charge on any atom is -0.357 e. The summed E-state index contributed by atoms with van der Waals surface area (Å²) in [4.78, 5) is 29.5. The van der Waals surface area contributed by atoms with Crippen LogP contribution in [0.4, 0.5) is 16.2 Å². The van der Waals surface area contributed by atoms with E-state index in [-0.39, 0.29) is 11.4 Å². The maximum absolute atomic E-state index is 14.5. The molecular weight excluding hydrogens is 391 g/mol. The van der Waals surface area contributed by atoms with Crippen LogP contribution in [-0.2, 0) is 13.5 Å². The molecule has 9 heteroatoms. The van der Waals surface area contributed by atoms with Crippen LogP contribution < -0.4 is 15.4 Å². The number of hydrogen-bond acceptors (Lipinski definition) is 7. The zero-order valence-electron chi connectivity index (χ0n) is 16.9. The molecule has 29 heavy (non-hydrogen) atoms. The minimum atomic E-state index is -0.321. The van der Waals surface area contributed by atoms with Crippen LogP contribution in [0.1, 0.15) is 25.5 Å². The van der Waals surface area contributed by atoms with Crippen molar-refractivity contribution in [1.82, 2.24) is 19.5 Å². The van der Waals surface area contributed by atoms with Crippen LogP contribution in [-0.4, -0.2) is 46.2 Å². The van der Waals surface area contributed by atoms with Gasteiger partial charge in [0.25, 0.3) is 5.56 Å². The van der Waals surface area contributed by atoms with Crippen molar-refractivity contribution in [2.75, 3.05) is 36.5 Å². The third kappa shape index (κ3) is 3.71. The van der Waals surface area contributed by atoms with Crippen LogP contribution in [0.5, 0.6) is 0 Å². The second-order valence-electron chi connectivity index (χ2n) is 7.53. The van der Waals surface area contributed by atoms with Gasteiger partial charge in [0.15, 0.2) is 11.6 Å². The molecule has 3 aromatic heterocycles. The first-order valence-electron chi connectivity index (χ1n) is 9.89. The lowest BCUT2D eigenvalue weighted by molar-refractivity contribution is 0.401. The summed E-state index contributed by atoms with van der Waals surface area (Å²) < 4.78 is 16.9. The second kappa shape index (κ2) is 8.06. The maximum atomic E-state index is 14.5. The Morgan fingerprint density at radius 3 is 2.79 bits per heavy atom. The smallest absolute Gasteiger partial charge is 0.272 e. The van der Waals surface area contributed by atoms with Crippen molar-refractivity contribution in [3.05, 3.63) is 39.6 Å². The summed E-state index contributed by atoms with van der Waals surface area (Å²) in [7, 11) is 3.67. The van der Waals surface area contributed by atoms with Gasteiger partial charge in [-0.15, -0.1) is 11.3 Å². The van der Waals surface area contributed by atoms with E-state index < -0.39 is 0 Å². The summed E-state index contributed by atoms with van der Waals surface area (Å²) >= 11 is 1.43. The van der Waals surface area contributed by atoms with Crippen molar-refractivity contribution in [1.29, 1.82) is 0 Å². The van der Waals surface area contributed by atoms with Crippen molar-refractivity contribution in [2.24, 2.45) is 13.0 Å². The van der Waals surface area contributed by atoms with Crippen LogP contribution in [0.3, 0.4) is 0 Å². The highest BCUT2D eigenvalue weighted by molar-refractivity contribution is 7.17. The van der Waals surface area contributed by atoms with Crippen LogP contribution in [0, 0.1) is 11.7 Å². The highest BCUT2D eigenvalue weighted by Crippen LogP contribution is 2.26. The fourth-order valence-corrected chi connectivity index (χ4v) is 4.76. The quantitative estimate of drug-likeness (QED) is 0.637. The molecule has 1 fully saturated rings. The molecule has 0 spiro atoms. The maximum Gasteiger partial charge on any atom is 0.272 e. The molecule has 0 aromatic carbocycles. The number of thiophene rings is 1. The van der Waals surface area contributed by atoms with Gasteiger partial charge in [-0.25, -0.2) is 19.3 Å². The van der Waals surface area contributed by atoms with Gasteiger partial charge in [-0.05, 0) is 36.6 Å². The Balaban J connectivity index is 1.44. The lowest BCUT2D eigenvalue weighted by Gasteiger charge is -2.35. The molecule has 0 saturated carbocycles. The fraction of sp³-hybridized carbons (Fsp3) is 0.500. The van der Waals surface area contributed by atoms with E-state index in [1.807, 2.05) is 30.3 Å². The Morgan fingerprint density at radius 1 is 1.31 bits per heavy atom. The largest absolute Gasteiger partial charge is 0.357 e. The van der Waals surface area contributed by atoms with Crippen LogP contribution in [0.25, 0.3) is 10.2 Å². The van der Waals surface area contributed by atoms with Gasteiger partial charge < -0.3 is 9.80 Å². The number of nitrogens with zero attached hydrogens (tertiary/aromatic N) is 6. The van der Waals surface area contributed by atoms with Gasteiger partial charge in [0.2, 0.25) is 5.95 Å². The Hall–Kier alpha value is -2.55. The first kappa shape index (κ1) is 19.8. The number of aryl methyl sites for hydroxylation is 1. The summed E-state index contributed by atoms with van der Waals surface area (Å²) in [5.74, 6) is 1.20. The Morgan fingerprint density at radius 2 is 2.07 bits per heavy atom. The van der Waals surface area contributed by atoms with Gasteiger partial charge in [0, 0.05) is 33.7 Å². The van der Waals surface area contributed by atoms with E-state index in [1.165, 1.54) is 17.7 Å². The molecule has 7 nitrogen and oxygen atoms in total. The molecule has 0 amide bonds. The molecule has 4 heterocycles. The second-order valence-corrected chi connectivity index (χ2v) is 8.45. The molecule has 1 aliphatic rings. The highest BCUT2D eigenvalue weighted by atomic mass is 32.1. The molecule has 0 atom stereocenters. The first-order valence-corrected chi connectivity index (χ1v) is 10.8. The van der Waals surface area contributed by atoms with Crippen molar-refractivity contribution < 1.29 is 4.39 Å². The summed E-state index contributed by atoms with van der Waals surface area (Å²) in [5.41, 5.74) is 1.22. The number of rotatable bonds is 5. The number of fused-ring (bicyclic) bond motifs is 1. The molecular formula is C20H25FN6OS. The summed E-state index contributed by atoms with van der Waals surface area (Å²) in [6.07, 6.45) is 3.89. The zero-order chi connectivity index (χ0) is 20.5. The van der Waals surface area contributed by atoms with Crippen molar-refractivity contribution >= 4 is 33.3 Å². The molecule has 1 saturated heterocycles. The zero-order valence-corrected chi connectivity index (χ0v) is 17.7. The van der Waals surface area contributed by atoms with E-state index in [1.54, 1.807) is 11.6 Å². The van der Waals surface area contributed by atoms with Crippen molar-refractivity contribution in [3.63, 3.8) is 0 Å². The molecule has 0 N–H and O–H groups in total. The number of piperidine rings is 1. The third-order valence-electron chi connectivity index (χ3n) is 5.63. The topological polar surface area (TPSA) is 67.2 Å². The van der Waals surface area contributed by atoms with E-state index in [4.69, 9.17) is 4.98 Å². The Kier molecular flexibility index (Phi) is 5.49. The third-order valence-corrected chi connectivity index (χ3v) is 6.52. The molecule has 0 radical (unpaired) electrons. The fourth-order valence-electron chi connectivity index (χ4n) is 3.96. The van der Waals surface area contributed by atoms with Crippen molar-refractivity contribution in [3.8, 4) is 0 Å². The van der Waals surface area contributed by atoms with Gasteiger partial charge >= 0.3 is 0 Å². The predicted octanol–water partition coefficient (Wildman–Crippen LogP) is 2.84. The molecule has 1 aliphatic heterocycles. The lowest BCUT2D eigenvalue weighted by atomic mass is 9.96. The monoisotopic (exact) mass is 416 g/mol. The summed E-state index contributed by atoms with van der Waals surface area (Å²) in [6.45, 7) is 4.27. The highest BCUT2D eigenvalue weighted by Gasteiger charge is 2.25. The molecule has 3 aromatic rings. The number of hydrogen-bond donors (Lipinski definition) is 0. The van der Waals surface area contributed by atoms with E-state index in [0.717, 1.165) is 43.9 Å². The van der Waals surface area contributed by atoms with Gasteiger partial charge in [-0.2, -0.15) is 0 Å². The molecule has 4 rings (SSSR count). The average molecular weight is 417 g/mol. The van der Waals surface area contributed by atoms with Crippen LogP contribution >= 0.6 is 11.3 Å². The Bertz CT molecular complexity index is 1070. The molecule has 0 unspecified atom stereocenters. The molecule has 0 aliphatic carbocycles. The van der Waals surface area contributed by atoms with E-state index in [9.17, 15) is 9.18 Å². The number of anilines is 2. The van der Waals surface area contributed by atoms with Gasteiger partial charge in [0.05, 0.1) is 11.2 Å². The molecule has 0 bridgehead atoms.